The summed E-state index contributed by atoms with van der Waals surface area (Å²) >= 11 is 0. The van der Waals surface area contributed by atoms with Crippen LogP contribution in [0, 0.1) is 5.92 Å². The normalized spacial score (nSPS) is 18.9. The van der Waals surface area contributed by atoms with Gasteiger partial charge in [-0.05, 0) is 31.2 Å². The number of benzene rings is 1. The number of rotatable bonds is 7. The number of likely N-dealkylation sites (tertiary alicyclic amines) is 1. The van der Waals surface area contributed by atoms with Gasteiger partial charge in [0.2, 0.25) is 11.8 Å². The molecule has 0 radical (unpaired) electrons. The fraction of sp³-hybridized carbons (Fsp3) is 0.579. The second-order valence-electron chi connectivity index (χ2n) is 6.47. The quantitative estimate of drug-likeness (QED) is 0.799. The third-order valence-corrected chi connectivity index (χ3v) is 4.66. The molecule has 2 N–H and O–H groups in total. The van der Waals surface area contributed by atoms with Crippen LogP contribution < -0.4 is 5.32 Å². The first-order valence-corrected chi connectivity index (χ1v) is 8.87. The van der Waals surface area contributed by atoms with Crippen molar-refractivity contribution >= 4 is 11.8 Å². The van der Waals surface area contributed by atoms with Crippen molar-refractivity contribution < 1.29 is 14.7 Å². The maximum Gasteiger partial charge on any atom is 0.227 e. The third-order valence-electron chi connectivity index (χ3n) is 4.66. The Morgan fingerprint density at radius 3 is 2.75 bits per heavy atom. The number of nitrogens with one attached hydrogen (secondary N) is 1. The largest absolute Gasteiger partial charge is 0.396 e. The highest BCUT2D eigenvalue weighted by Crippen LogP contribution is 2.18. The number of nitrogens with zero attached hydrogens (tertiary/aromatic N) is 1. The molecule has 2 atom stereocenters. The van der Waals surface area contributed by atoms with E-state index in [2.05, 4.69) is 5.32 Å². The molecule has 5 nitrogen and oxygen atoms in total. The van der Waals surface area contributed by atoms with Gasteiger partial charge < -0.3 is 15.3 Å². The molecule has 1 heterocycles. The van der Waals surface area contributed by atoms with Crippen molar-refractivity contribution in [3.05, 3.63) is 35.9 Å². The summed E-state index contributed by atoms with van der Waals surface area (Å²) in [6.07, 6.45) is 3.43. The molecule has 0 aliphatic carbocycles. The van der Waals surface area contributed by atoms with Gasteiger partial charge >= 0.3 is 0 Å². The van der Waals surface area contributed by atoms with Gasteiger partial charge in [-0.15, -0.1) is 0 Å². The molecule has 2 amide bonds. The van der Waals surface area contributed by atoms with E-state index in [9.17, 15) is 9.59 Å². The van der Waals surface area contributed by atoms with Crippen LogP contribution in [0.5, 0.6) is 0 Å². The maximum absolute atomic E-state index is 12.5. The Balaban J connectivity index is 1.88. The van der Waals surface area contributed by atoms with Crippen LogP contribution in [0.4, 0.5) is 0 Å². The summed E-state index contributed by atoms with van der Waals surface area (Å²) in [5.41, 5.74) is 1.00. The van der Waals surface area contributed by atoms with Crippen molar-refractivity contribution in [1.29, 1.82) is 0 Å². The van der Waals surface area contributed by atoms with E-state index in [1.54, 1.807) is 0 Å². The van der Waals surface area contributed by atoms with Crippen LogP contribution in [0.1, 0.15) is 38.2 Å². The van der Waals surface area contributed by atoms with Crippen molar-refractivity contribution in [1.82, 2.24) is 10.2 Å². The van der Waals surface area contributed by atoms with Crippen LogP contribution in [0.2, 0.25) is 0 Å². The molecule has 2 unspecified atom stereocenters. The Hall–Kier alpha value is -1.88. The van der Waals surface area contributed by atoms with E-state index in [-0.39, 0.29) is 30.4 Å². The summed E-state index contributed by atoms with van der Waals surface area (Å²) in [7, 11) is 0. The molecule has 5 heteroatoms. The molecular formula is C19H28N2O3. The summed E-state index contributed by atoms with van der Waals surface area (Å²) in [5.74, 6) is -0.0557. The van der Waals surface area contributed by atoms with Crippen LogP contribution in [-0.4, -0.2) is 47.6 Å². The first-order chi connectivity index (χ1) is 11.6. The van der Waals surface area contributed by atoms with Gasteiger partial charge in [0.25, 0.3) is 0 Å². The van der Waals surface area contributed by atoms with Crippen LogP contribution in [-0.2, 0) is 16.0 Å². The average Bonchev–Trinajstić information content (AvgIpc) is 2.62. The molecule has 1 aromatic carbocycles. The summed E-state index contributed by atoms with van der Waals surface area (Å²) in [6, 6.07) is 9.71. The molecule has 0 aromatic heterocycles. The highest BCUT2D eigenvalue weighted by atomic mass is 16.3. The average molecular weight is 332 g/mol. The van der Waals surface area contributed by atoms with Gasteiger partial charge in [0, 0.05) is 25.7 Å². The van der Waals surface area contributed by atoms with E-state index >= 15 is 0 Å². The monoisotopic (exact) mass is 332 g/mol. The first-order valence-electron chi connectivity index (χ1n) is 8.87. The summed E-state index contributed by atoms with van der Waals surface area (Å²) in [4.78, 5) is 26.7. The number of aliphatic hydroxyl groups excluding tert-OH is 1. The smallest absolute Gasteiger partial charge is 0.227 e. The van der Waals surface area contributed by atoms with Gasteiger partial charge in [-0.2, -0.15) is 0 Å². The fourth-order valence-electron chi connectivity index (χ4n) is 3.15. The zero-order chi connectivity index (χ0) is 17.4. The highest BCUT2D eigenvalue weighted by Gasteiger charge is 2.29. The van der Waals surface area contributed by atoms with Gasteiger partial charge in [-0.3, -0.25) is 9.59 Å². The molecule has 0 spiro atoms. The molecule has 1 saturated heterocycles. The number of piperidine rings is 1. The van der Waals surface area contributed by atoms with E-state index in [1.165, 1.54) is 0 Å². The van der Waals surface area contributed by atoms with Crippen molar-refractivity contribution in [3.63, 3.8) is 0 Å². The zero-order valence-electron chi connectivity index (χ0n) is 14.4. The van der Waals surface area contributed by atoms with Crippen molar-refractivity contribution in [2.75, 3.05) is 19.7 Å². The minimum Gasteiger partial charge on any atom is -0.396 e. The van der Waals surface area contributed by atoms with Gasteiger partial charge in [-0.25, -0.2) is 0 Å². The molecule has 0 bridgehead atoms. The lowest BCUT2D eigenvalue weighted by Gasteiger charge is -2.33. The molecule has 0 saturated carbocycles. The lowest BCUT2D eigenvalue weighted by Crippen LogP contribution is -2.48. The minimum absolute atomic E-state index is 0.00695. The second-order valence-corrected chi connectivity index (χ2v) is 6.47. The Bertz CT molecular complexity index is 533. The lowest BCUT2D eigenvalue weighted by molar-refractivity contribution is -0.135. The van der Waals surface area contributed by atoms with E-state index < -0.39 is 0 Å². The fourth-order valence-corrected chi connectivity index (χ4v) is 3.15. The second kappa shape index (κ2) is 9.42. The summed E-state index contributed by atoms with van der Waals surface area (Å²) in [5, 5.41) is 12.1. The minimum atomic E-state index is -0.147. The number of carbonyl (C=O) groups excluding carboxylic acids is 2. The van der Waals surface area contributed by atoms with Gasteiger partial charge in [0.05, 0.1) is 12.3 Å². The van der Waals surface area contributed by atoms with Crippen LogP contribution >= 0.6 is 0 Å². The first kappa shape index (κ1) is 18.5. The number of aliphatic hydroxyl groups is 1. The molecular weight excluding hydrogens is 304 g/mol. The zero-order valence-corrected chi connectivity index (χ0v) is 14.4. The number of amides is 2. The predicted octanol–water partition coefficient (Wildman–Crippen LogP) is 1.74. The SMILES string of the molecule is CCC(CCO)NC(=O)C1CCCN(C(=O)Cc2ccccc2)C1. The van der Waals surface area contributed by atoms with Crippen LogP contribution in [0.3, 0.4) is 0 Å². The molecule has 24 heavy (non-hydrogen) atoms. The molecule has 1 fully saturated rings. The van der Waals surface area contributed by atoms with Crippen molar-refractivity contribution in [2.24, 2.45) is 5.92 Å². The van der Waals surface area contributed by atoms with E-state index in [4.69, 9.17) is 5.11 Å². The summed E-state index contributed by atoms with van der Waals surface area (Å²) < 4.78 is 0. The Kier molecular flexibility index (Phi) is 7.25. The molecule has 2 rings (SSSR count). The van der Waals surface area contributed by atoms with Crippen molar-refractivity contribution in [3.8, 4) is 0 Å². The number of hydrogen-bond acceptors (Lipinski definition) is 3. The molecule has 1 aliphatic heterocycles. The van der Waals surface area contributed by atoms with E-state index in [0.717, 1.165) is 31.4 Å². The number of carbonyl (C=O) groups is 2. The van der Waals surface area contributed by atoms with Gasteiger partial charge in [-0.1, -0.05) is 37.3 Å². The maximum atomic E-state index is 12.5. The van der Waals surface area contributed by atoms with E-state index in [1.807, 2.05) is 42.2 Å². The Morgan fingerprint density at radius 1 is 1.33 bits per heavy atom. The van der Waals surface area contributed by atoms with Gasteiger partial charge in [0.15, 0.2) is 0 Å². The highest BCUT2D eigenvalue weighted by molar-refractivity contribution is 5.82. The predicted molar refractivity (Wildman–Crippen MR) is 93.4 cm³/mol. The van der Waals surface area contributed by atoms with E-state index in [0.29, 0.717) is 19.4 Å². The summed E-state index contributed by atoms with van der Waals surface area (Å²) in [6.45, 7) is 3.29. The molecule has 1 aliphatic rings. The standard InChI is InChI=1S/C19H28N2O3/c1-2-17(10-12-22)20-19(24)16-9-6-11-21(14-16)18(23)13-15-7-4-3-5-8-15/h3-5,7-8,16-17,22H,2,6,9-14H2,1H3,(H,20,24). The Morgan fingerprint density at radius 2 is 2.08 bits per heavy atom. The number of hydrogen-bond donors (Lipinski definition) is 2. The molecule has 1 aromatic rings. The topological polar surface area (TPSA) is 69.6 Å². The van der Waals surface area contributed by atoms with Crippen molar-refractivity contribution in [2.45, 2.75) is 45.1 Å². The lowest BCUT2D eigenvalue weighted by atomic mass is 9.95. The Labute approximate surface area is 144 Å². The third kappa shape index (κ3) is 5.34. The molecule has 132 valence electrons. The van der Waals surface area contributed by atoms with Gasteiger partial charge in [0.1, 0.15) is 0 Å². The van der Waals surface area contributed by atoms with Crippen LogP contribution in [0.15, 0.2) is 30.3 Å². The van der Waals surface area contributed by atoms with Crippen LogP contribution in [0.25, 0.3) is 0 Å².